The van der Waals surface area contributed by atoms with Gasteiger partial charge in [0.2, 0.25) is 5.91 Å². The molecule has 0 aliphatic carbocycles. The summed E-state index contributed by atoms with van der Waals surface area (Å²) in [7, 11) is 0. The Kier molecular flexibility index (Phi) is 6.11. The molecule has 0 N–H and O–H groups in total. The summed E-state index contributed by atoms with van der Waals surface area (Å²) < 4.78 is 0. The van der Waals surface area contributed by atoms with E-state index in [2.05, 4.69) is 34.1 Å². The fourth-order valence-corrected chi connectivity index (χ4v) is 4.45. The standard InChI is InChI=1S/C25H29N3O2/c1-19-8-6-9-20(2)24(19)28-23(29)18-22(25(28)30)27-16-14-26(15-17-27)13-7-12-21-10-4-3-5-11-21/h3-12,22H,13-18H2,1-2H3/b12-7+. The highest BCUT2D eigenvalue weighted by Crippen LogP contribution is 2.31. The number of anilines is 1. The summed E-state index contributed by atoms with van der Waals surface area (Å²) in [5.41, 5.74) is 3.90. The molecule has 156 valence electrons. The number of carbonyl (C=O) groups is 2. The molecule has 2 amide bonds. The van der Waals surface area contributed by atoms with Gasteiger partial charge in [0.15, 0.2) is 0 Å². The number of amides is 2. The van der Waals surface area contributed by atoms with Crippen LogP contribution in [0.5, 0.6) is 0 Å². The summed E-state index contributed by atoms with van der Waals surface area (Å²) in [6.07, 6.45) is 4.62. The summed E-state index contributed by atoms with van der Waals surface area (Å²) in [5.74, 6) is -0.162. The number of nitrogens with zero attached hydrogens (tertiary/aromatic N) is 3. The number of para-hydroxylation sites is 1. The van der Waals surface area contributed by atoms with Gasteiger partial charge in [-0.15, -0.1) is 0 Å². The maximum atomic E-state index is 13.2. The monoisotopic (exact) mass is 403 g/mol. The smallest absolute Gasteiger partial charge is 0.251 e. The van der Waals surface area contributed by atoms with Crippen molar-refractivity contribution >= 4 is 23.6 Å². The Bertz CT molecular complexity index is 926. The summed E-state index contributed by atoms with van der Waals surface area (Å²) in [6, 6.07) is 15.8. The molecule has 4 rings (SSSR count). The van der Waals surface area contributed by atoms with Crippen LogP contribution in [0.3, 0.4) is 0 Å². The fourth-order valence-electron chi connectivity index (χ4n) is 4.45. The molecule has 2 fully saturated rings. The second-order valence-electron chi connectivity index (χ2n) is 8.18. The Morgan fingerprint density at radius 1 is 0.900 bits per heavy atom. The van der Waals surface area contributed by atoms with Gasteiger partial charge in [-0.1, -0.05) is 60.7 Å². The Morgan fingerprint density at radius 2 is 1.57 bits per heavy atom. The molecule has 0 bridgehead atoms. The number of hydrogen-bond acceptors (Lipinski definition) is 4. The molecule has 2 heterocycles. The fraction of sp³-hybridized carbons (Fsp3) is 0.360. The van der Waals surface area contributed by atoms with Crippen molar-refractivity contribution in [1.29, 1.82) is 0 Å². The third-order valence-corrected chi connectivity index (χ3v) is 6.11. The zero-order valence-corrected chi connectivity index (χ0v) is 17.8. The van der Waals surface area contributed by atoms with E-state index in [4.69, 9.17) is 0 Å². The number of hydrogen-bond donors (Lipinski definition) is 0. The molecule has 0 spiro atoms. The van der Waals surface area contributed by atoms with Crippen LogP contribution in [0, 0.1) is 13.8 Å². The van der Waals surface area contributed by atoms with Gasteiger partial charge in [0.25, 0.3) is 5.91 Å². The Labute approximate surface area is 178 Å². The van der Waals surface area contributed by atoms with Gasteiger partial charge < -0.3 is 0 Å². The van der Waals surface area contributed by atoms with Crippen LogP contribution >= 0.6 is 0 Å². The van der Waals surface area contributed by atoms with Crippen molar-refractivity contribution in [3.63, 3.8) is 0 Å². The third-order valence-electron chi connectivity index (χ3n) is 6.11. The van der Waals surface area contributed by atoms with E-state index in [1.165, 1.54) is 10.5 Å². The number of piperazine rings is 1. The molecule has 5 nitrogen and oxygen atoms in total. The second kappa shape index (κ2) is 8.94. The van der Waals surface area contributed by atoms with Crippen molar-refractivity contribution in [2.45, 2.75) is 26.3 Å². The van der Waals surface area contributed by atoms with Crippen molar-refractivity contribution < 1.29 is 9.59 Å². The second-order valence-corrected chi connectivity index (χ2v) is 8.18. The topological polar surface area (TPSA) is 43.9 Å². The van der Waals surface area contributed by atoms with Crippen LogP contribution in [0.2, 0.25) is 0 Å². The van der Waals surface area contributed by atoms with Crippen molar-refractivity contribution in [2.24, 2.45) is 0 Å². The third kappa shape index (κ3) is 4.23. The minimum atomic E-state index is -0.335. The average molecular weight is 404 g/mol. The molecule has 2 saturated heterocycles. The van der Waals surface area contributed by atoms with Crippen molar-refractivity contribution in [1.82, 2.24) is 9.80 Å². The Balaban J connectivity index is 1.35. The van der Waals surface area contributed by atoms with Crippen molar-refractivity contribution in [3.8, 4) is 0 Å². The van der Waals surface area contributed by atoms with E-state index in [9.17, 15) is 9.59 Å². The first-order chi connectivity index (χ1) is 14.5. The van der Waals surface area contributed by atoms with Gasteiger partial charge in [0.1, 0.15) is 0 Å². The summed E-state index contributed by atoms with van der Waals surface area (Å²) in [4.78, 5) is 31.9. The summed E-state index contributed by atoms with van der Waals surface area (Å²) in [6.45, 7) is 8.23. The highest BCUT2D eigenvalue weighted by Gasteiger charge is 2.44. The zero-order valence-electron chi connectivity index (χ0n) is 17.8. The lowest BCUT2D eigenvalue weighted by atomic mass is 10.1. The molecule has 5 heteroatoms. The van der Waals surface area contributed by atoms with Gasteiger partial charge >= 0.3 is 0 Å². The number of aryl methyl sites for hydroxylation is 2. The maximum Gasteiger partial charge on any atom is 0.251 e. The van der Waals surface area contributed by atoms with Crippen LogP contribution in [0.15, 0.2) is 54.6 Å². The van der Waals surface area contributed by atoms with Gasteiger partial charge in [-0.25, -0.2) is 4.90 Å². The number of imide groups is 1. The van der Waals surface area contributed by atoms with E-state index >= 15 is 0 Å². The molecule has 0 radical (unpaired) electrons. The maximum absolute atomic E-state index is 13.2. The first-order valence-electron chi connectivity index (χ1n) is 10.7. The Morgan fingerprint density at radius 3 is 2.23 bits per heavy atom. The highest BCUT2D eigenvalue weighted by molar-refractivity contribution is 6.23. The molecule has 1 atom stereocenters. The molecular weight excluding hydrogens is 374 g/mol. The van der Waals surface area contributed by atoms with E-state index < -0.39 is 0 Å². The largest absolute Gasteiger partial charge is 0.297 e. The number of rotatable bonds is 5. The van der Waals surface area contributed by atoms with Crippen molar-refractivity contribution in [2.75, 3.05) is 37.6 Å². The SMILES string of the molecule is Cc1cccc(C)c1N1C(=O)CC(N2CCN(C/C=C/c3ccccc3)CC2)C1=O. The van der Waals surface area contributed by atoms with Crippen LogP contribution in [-0.4, -0.2) is 60.4 Å². The molecule has 0 saturated carbocycles. The van der Waals surface area contributed by atoms with Crippen LogP contribution in [0.25, 0.3) is 6.08 Å². The first kappa shape index (κ1) is 20.5. The molecule has 30 heavy (non-hydrogen) atoms. The van der Waals surface area contributed by atoms with Crippen LogP contribution < -0.4 is 4.90 Å². The normalized spacial score (nSPS) is 21.1. The van der Waals surface area contributed by atoms with E-state index in [-0.39, 0.29) is 24.3 Å². The average Bonchev–Trinajstić information content (AvgIpc) is 3.04. The van der Waals surface area contributed by atoms with Crippen LogP contribution in [-0.2, 0) is 9.59 Å². The predicted molar refractivity (Wildman–Crippen MR) is 120 cm³/mol. The summed E-state index contributed by atoms with van der Waals surface area (Å²) in [5, 5.41) is 0. The molecule has 2 aromatic rings. The van der Waals surface area contributed by atoms with E-state index in [1.54, 1.807) is 0 Å². The highest BCUT2D eigenvalue weighted by atomic mass is 16.2. The van der Waals surface area contributed by atoms with Crippen LogP contribution in [0.4, 0.5) is 5.69 Å². The molecule has 2 aliphatic heterocycles. The van der Waals surface area contributed by atoms with Gasteiger partial charge in [-0.3, -0.25) is 19.4 Å². The Hall–Kier alpha value is -2.76. The minimum absolute atomic E-state index is 0.0742. The first-order valence-corrected chi connectivity index (χ1v) is 10.7. The number of carbonyl (C=O) groups excluding carboxylic acids is 2. The lowest BCUT2D eigenvalue weighted by Gasteiger charge is -2.36. The molecule has 0 aromatic heterocycles. The molecule has 2 aliphatic rings. The molecule has 2 aromatic carbocycles. The number of benzene rings is 2. The van der Waals surface area contributed by atoms with Gasteiger partial charge in [-0.2, -0.15) is 0 Å². The molecule has 1 unspecified atom stereocenters. The van der Waals surface area contributed by atoms with Gasteiger partial charge in [-0.05, 0) is 30.5 Å². The van der Waals surface area contributed by atoms with Gasteiger partial charge in [0, 0.05) is 32.7 Å². The van der Waals surface area contributed by atoms with Crippen LogP contribution in [0.1, 0.15) is 23.1 Å². The predicted octanol–water partition coefficient (Wildman–Crippen LogP) is 3.27. The zero-order chi connectivity index (χ0) is 21.1. The van der Waals surface area contributed by atoms with E-state index in [0.717, 1.165) is 49.5 Å². The lowest BCUT2D eigenvalue weighted by Crippen LogP contribution is -2.52. The quantitative estimate of drug-likeness (QED) is 0.719. The van der Waals surface area contributed by atoms with E-state index in [0.29, 0.717) is 0 Å². The molecular formula is C25H29N3O2. The van der Waals surface area contributed by atoms with Gasteiger partial charge in [0.05, 0.1) is 18.2 Å². The lowest BCUT2D eigenvalue weighted by molar-refractivity contribution is -0.123. The van der Waals surface area contributed by atoms with E-state index in [1.807, 2.05) is 50.2 Å². The minimum Gasteiger partial charge on any atom is -0.297 e. The van der Waals surface area contributed by atoms with Crippen molar-refractivity contribution in [3.05, 3.63) is 71.3 Å². The summed E-state index contributed by atoms with van der Waals surface area (Å²) >= 11 is 0.